The Labute approximate surface area is 116 Å². The minimum atomic E-state index is -4.60. The lowest BCUT2D eigenvalue weighted by molar-refractivity contribution is -0.137. The highest BCUT2D eigenvalue weighted by Gasteiger charge is 2.33. The lowest BCUT2D eigenvalue weighted by Gasteiger charge is -2.11. The Bertz CT molecular complexity index is 652. The number of aromatic nitrogens is 1. The lowest BCUT2D eigenvalue weighted by atomic mass is 10.2. The van der Waals surface area contributed by atoms with Gasteiger partial charge in [-0.05, 0) is 18.2 Å². The Hall–Kier alpha value is -2.02. The van der Waals surface area contributed by atoms with Gasteiger partial charge in [0.1, 0.15) is 0 Å². The summed E-state index contributed by atoms with van der Waals surface area (Å²) in [6.07, 6.45) is -3.41. The van der Waals surface area contributed by atoms with Crippen molar-refractivity contribution in [2.24, 2.45) is 0 Å². The molecule has 0 atom stereocenters. The molecular weight excluding hydrogens is 297 g/mol. The van der Waals surface area contributed by atoms with Gasteiger partial charge in [0.2, 0.25) is 5.76 Å². The number of hydrogen-bond donors (Lipinski definition) is 1. The van der Waals surface area contributed by atoms with Crippen LogP contribution >= 0.6 is 11.6 Å². The van der Waals surface area contributed by atoms with Crippen molar-refractivity contribution in [3.05, 3.63) is 46.6 Å². The molecule has 0 fully saturated rings. The fourth-order valence-corrected chi connectivity index (χ4v) is 1.70. The summed E-state index contributed by atoms with van der Waals surface area (Å²) in [5, 5.41) is 1.84. The number of anilines is 1. The van der Waals surface area contributed by atoms with Gasteiger partial charge in [0.25, 0.3) is 5.91 Å². The van der Waals surface area contributed by atoms with Crippen LogP contribution in [0.25, 0.3) is 0 Å². The largest absolute Gasteiger partial charge is 0.436 e. The molecule has 1 amide bonds. The Kier molecular flexibility index (Phi) is 3.71. The standard InChI is InChI=1S/C12H8ClF3N2O2/c1-6-17-5-10(20-6)11(19)18-7-2-3-9(13)8(4-7)12(14,15)16/h2-5H,1H3,(H,18,19). The molecule has 0 aliphatic carbocycles. The average molecular weight is 305 g/mol. The van der Waals surface area contributed by atoms with Crippen LogP contribution in [0.4, 0.5) is 18.9 Å². The van der Waals surface area contributed by atoms with E-state index in [1.54, 1.807) is 6.92 Å². The molecule has 2 rings (SSSR count). The van der Waals surface area contributed by atoms with Gasteiger partial charge in [-0.1, -0.05) is 11.6 Å². The van der Waals surface area contributed by atoms with Crippen LogP contribution in [0.2, 0.25) is 5.02 Å². The van der Waals surface area contributed by atoms with Crippen molar-refractivity contribution in [1.82, 2.24) is 4.98 Å². The number of hydrogen-bond acceptors (Lipinski definition) is 3. The second-order valence-corrected chi connectivity index (χ2v) is 4.30. The minimum Gasteiger partial charge on any atom is -0.436 e. The second-order valence-electron chi connectivity index (χ2n) is 3.89. The molecule has 0 bridgehead atoms. The molecule has 0 unspecified atom stereocenters. The molecule has 0 aliphatic rings. The zero-order valence-corrected chi connectivity index (χ0v) is 10.8. The van der Waals surface area contributed by atoms with Crippen molar-refractivity contribution in [1.29, 1.82) is 0 Å². The van der Waals surface area contributed by atoms with Gasteiger partial charge in [-0.15, -0.1) is 0 Å². The SMILES string of the molecule is Cc1ncc(C(=O)Nc2ccc(Cl)c(C(F)(F)F)c2)o1. The Balaban J connectivity index is 2.24. The van der Waals surface area contributed by atoms with Gasteiger partial charge in [-0.2, -0.15) is 13.2 Å². The topological polar surface area (TPSA) is 55.1 Å². The van der Waals surface area contributed by atoms with Gasteiger partial charge in [-0.3, -0.25) is 4.79 Å². The molecular formula is C12H8ClF3N2O2. The van der Waals surface area contributed by atoms with E-state index in [1.165, 1.54) is 12.3 Å². The predicted molar refractivity (Wildman–Crippen MR) is 65.6 cm³/mol. The van der Waals surface area contributed by atoms with Gasteiger partial charge in [0.15, 0.2) is 5.89 Å². The number of amides is 1. The molecule has 0 aliphatic heterocycles. The van der Waals surface area contributed by atoms with E-state index in [1.807, 2.05) is 0 Å². The van der Waals surface area contributed by atoms with Crippen molar-refractivity contribution >= 4 is 23.2 Å². The third-order valence-corrected chi connectivity index (χ3v) is 2.70. The predicted octanol–water partition coefficient (Wildman–Crippen LogP) is 3.91. The van der Waals surface area contributed by atoms with E-state index in [0.717, 1.165) is 12.1 Å². The van der Waals surface area contributed by atoms with E-state index in [-0.39, 0.29) is 17.3 Å². The van der Waals surface area contributed by atoms with Crippen molar-refractivity contribution in [3.8, 4) is 0 Å². The normalized spacial score (nSPS) is 11.4. The lowest BCUT2D eigenvalue weighted by Crippen LogP contribution is -2.12. The monoisotopic (exact) mass is 304 g/mol. The maximum absolute atomic E-state index is 12.7. The van der Waals surface area contributed by atoms with Crippen LogP contribution in [0.15, 0.2) is 28.8 Å². The second kappa shape index (κ2) is 5.16. The summed E-state index contributed by atoms with van der Waals surface area (Å²) in [6, 6.07) is 3.08. The highest BCUT2D eigenvalue weighted by Crippen LogP contribution is 2.36. The van der Waals surface area contributed by atoms with E-state index >= 15 is 0 Å². The van der Waals surface area contributed by atoms with Crippen LogP contribution in [-0.4, -0.2) is 10.9 Å². The number of benzene rings is 1. The summed E-state index contributed by atoms with van der Waals surface area (Å²) in [6.45, 7) is 1.54. The summed E-state index contributed by atoms with van der Waals surface area (Å²) in [7, 11) is 0. The summed E-state index contributed by atoms with van der Waals surface area (Å²) in [5.74, 6) is -0.505. The molecule has 8 heteroatoms. The minimum absolute atomic E-state index is 0.0409. The number of oxazole rings is 1. The van der Waals surface area contributed by atoms with Crippen molar-refractivity contribution in [2.75, 3.05) is 5.32 Å². The number of carbonyl (C=O) groups excluding carboxylic acids is 1. The summed E-state index contributed by atoms with van der Waals surface area (Å²) < 4.78 is 43.0. The van der Waals surface area contributed by atoms with Crippen LogP contribution in [0.1, 0.15) is 22.0 Å². The molecule has 0 radical (unpaired) electrons. The first-order chi connectivity index (χ1) is 9.27. The van der Waals surface area contributed by atoms with Crippen molar-refractivity contribution in [2.45, 2.75) is 13.1 Å². The van der Waals surface area contributed by atoms with Crippen molar-refractivity contribution in [3.63, 3.8) is 0 Å². The van der Waals surface area contributed by atoms with Gasteiger partial charge < -0.3 is 9.73 Å². The van der Waals surface area contributed by atoms with E-state index in [0.29, 0.717) is 0 Å². The van der Waals surface area contributed by atoms with E-state index < -0.39 is 22.7 Å². The first kappa shape index (κ1) is 14.4. The molecule has 0 saturated heterocycles. The van der Waals surface area contributed by atoms with Crippen LogP contribution in [-0.2, 0) is 6.18 Å². The summed E-state index contributed by atoms with van der Waals surface area (Å²) in [5.41, 5.74) is -1.06. The van der Waals surface area contributed by atoms with Gasteiger partial charge in [0, 0.05) is 12.6 Å². The highest BCUT2D eigenvalue weighted by atomic mass is 35.5. The number of rotatable bonds is 2. The van der Waals surface area contributed by atoms with E-state index in [9.17, 15) is 18.0 Å². The maximum atomic E-state index is 12.7. The summed E-state index contributed by atoms with van der Waals surface area (Å²) in [4.78, 5) is 15.4. The maximum Gasteiger partial charge on any atom is 0.417 e. The van der Waals surface area contributed by atoms with Gasteiger partial charge in [0.05, 0.1) is 16.8 Å². The average Bonchev–Trinajstić information content (AvgIpc) is 2.77. The third kappa shape index (κ3) is 3.11. The zero-order chi connectivity index (χ0) is 14.9. The number of halogens is 4. The number of alkyl halides is 3. The van der Waals surface area contributed by atoms with Crippen LogP contribution < -0.4 is 5.32 Å². The fourth-order valence-electron chi connectivity index (χ4n) is 1.48. The Morgan fingerprint density at radius 3 is 2.65 bits per heavy atom. The molecule has 1 heterocycles. The smallest absolute Gasteiger partial charge is 0.417 e. The number of nitrogens with one attached hydrogen (secondary N) is 1. The third-order valence-electron chi connectivity index (χ3n) is 2.37. The van der Waals surface area contributed by atoms with Crippen LogP contribution in [0.5, 0.6) is 0 Å². The van der Waals surface area contributed by atoms with Gasteiger partial charge >= 0.3 is 6.18 Å². The van der Waals surface area contributed by atoms with E-state index in [4.69, 9.17) is 16.0 Å². The highest BCUT2D eigenvalue weighted by molar-refractivity contribution is 6.31. The van der Waals surface area contributed by atoms with E-state index in [2.05, 4.69) is 10.3 Å². The Morgan fingerprint density at radius 1 is 1.40 bits per heavy atom. The molecule has 106 valence electrons. The fraction of sp³-hybridized carbons (Fsp3) is 0.167. The number of aryl methyl sites for hydroxylation is 1. The van der Waals surface area contributed by atoms with Crippen LogP contribution in [0.3, 0.4) is 0 Å². The molecule has 1 N–H and O–H groups in total. The molecule has 1 aromatic carbocycles. The molecule has 1 aromatic heterocycles. The molecule has 20 heavy (non-hydrogen) atoms. The zero-order valence-electron chi connectivity index (χ0n) is 10.1. The molecule has 4 nitrogen and oxygen atoms in total. The number of carbonyl (C=O) groups is 1. The molecule has 0 saturated carbocycles. The van der Waals surface area contributed by atoms with Crippen molar-refractivity contribution < 1.29 is 22.4 Å². The van der Waals surface area contributed by atoms with Gasteiger partial charge in [-0.25, -0.2) is 4.98 Å². The quantitative estimate of drug-likeness (QED) is 0.915. The van der Waals surface area contributed by atoms with Crippen LogP contribution in [0, 0.1) is 6.92 Å². The number of nitrogens with zero attached hydrogens (tertiary/aromatic N) is 1. The molecule has 2 aromatic rings. The first-order valence-electron chi connectivity index (χ1n) is 5.38. The Morgan fingerprint density at radius 2 is 2.10 bits per heavy atom. The molecule has 0 spiro atoms. The first-order valence-corrected chi connectivity index (χ1v) is 5.75. The summed E-state index contributed by atoms with van der Waals surface area (Å²) >= 11 is 5.48.